The minimum Gasteiger partial charge on any atom is -0.495 e. The number of fused-ring (bicyclic) bond motifs is 1. The van der Waals surface area contributed by atoms with Gasteiger partial charge in [0.15, 0.2) is 0 Å². The van der Waals surface area contributed by atoms with Crippen molar-refractivity contribution in [2.75, 3.05) is 19.0 Å². The number of methoxy groups -OCH3 is 1. The van der Waals surface area contributed by atoms with Gasteiger partial charge in [-0.3, -0.25) is 9.36 Å². The maximum Gasteiger partial charge on any atom is 0.259 e. The van der Waals surface area contributed by atoms with Gasteiger partial charge in [-0.25, -0.2) is 10.4 Å². The lowest BCUT2D eigenvalue weighted by atomic mass is 10.1. The Morgan fingerprint density at radius 2 is 1.77 bits per heavy atom. The van der Waals surface area contributed by atoms with E-state index in [1.807, 2.05) is 90.6 Å². The second-order valence-corrected chi connectivity index (χ2v) is 6.94. The number of anilines is 1. The molecule has 0 fully saturated rings. The minimum absolute atomic E-state index is 0.0871. The van der Waals surface area contributed by atoms with Crippen molar-refractivity contribution < 1.29 is 9.53 Å². The number of benzene rings is 3. The first-order valence-corrected chi connectivity index (χ1v) is 9.88. The van der Waals surface area contributed by atoms with Crippen LogP contribution in [0.5, 0.6) is 5.75 Å². The standard InChI is InChI=1S/C24H23N5O2/c1-17(27-28-24(30)15-25-21-8-4-6-10-23(21)31-2)18-11-13-19(14-12-18)29-16-26-20-7-3-5-9-22(20)29/h3-14,16,25H,15H2,1-2H3,(H,28,30)/b27-17-. The van der Waals surface area contributed by atoms with E-state index >= 15 is 0 Å². The van der Waals surface area contributed by atoms with Gasteiger partial charge in [0.05, 0.1) is 36.1 Å². The number of hydrazone groups is 1. The number of hydrogen-bond acceptors (Lipinski definition) is 5. The molecule has 156 valence electrons. The molecular formula is C24H23N5O2. The normalized spacial score (nSPS) is 11.4. The number of nitrogens with zero attached hydrogens (tertiary/aromatic N) is 3. The first-order chi connectivity index (χ1) is 15.2. The predicted molar refractivity (Wildman–Crippen MR) is 123 cm³/mol. The molecule has 1 heterocycles. The maximum absolute atomic E-state index is 12.2. The van der Waals surface area contributed by atoms with Gasteiger partial charge in [-0.05, 0) is 48.9 Å². The number of carbonyl (C=O) groups is 1. The Morgan fingerprint density at radius 3 is 2.58 bits per heavy atom. The Balaban J connectivity index is 1.38. The molecule has 31 heavy (non-hydrogen) atoms. The SMILES string of the molecule is COc1ccccc1NCC(=O)N/N=C(/C)c1ccc(-n2cnc3ccccc32)cc1. The summed E-state index contributed by atoms with van der Waals surface area (Å²) in [6, 6.07) is 23.4. The average molecular weight is 413 g/mol. The highest BCUT2D eigenvalue weighted by Gasteiger charge is 2.07. The van der Waals surface area contributed by atoms with Crippen molar-refractivity contribution in [2.45, 2.75) is 6.92 Å². The van der Waals surface area contributed by atoms with E-state index in [1.165, 1.54) is 0 Å². The van der Waals surface area contributed by atoms with Crippen molar-refractivity contribution in [2.24, 2.45) is 5.10 Å². The van der Waals surface area contributed by atoms with E-state index in [2.05, 4.69) is 20.8 Å². The number of aromatic nitrogens is 2. The van der Waals surface area contributed by atoms with Gasteiger partial charge < -0.3 is 10.1 Å². The molecule has 4 rings (SSSR count). The number of hydrogen-bond donors (Lipinski definition) is 2. The Labute approximate surface area is 180 Å². The fraction of sp³-hybridized carbons (Fsp3) is 0.125. The van der Waals surface area contributed by atoms with Crippen LogP contribution >= 0.6 is 0 Å². The summed E-state index contributed by atoms with van der Waals surface area (Å²) in [6.07, 6.45) is 1.82. The number of rotatable bonds is 7. The van der Waals surface area contributed by atoms with Crippen LogP contribution in [0.25, 0.3) is 16.7 Å². The molecule has 0 spiro atoms. The van der Waals surface area contributed by atoms with Gasteiger partial charge in [-0.15, -0.1) is 0 Å². The van der Waals surface area contributed by atoms with Crippen molar-refractivity contribution in [1.82, 2.24) is 15.0 Å². The van der Waals surface area contributed by atoms with Crippen molar-refractivity contribution in [3.05, 3.63) is 84.7 Å². The highest BCUT2D eigenvalue weighted by atomic mass is 16.5. The third kappa shape index (κ3) is 4.56. The fourth-order valence-corrected chi connectivity index (χ4v) is 3.24. The largest absolute Gasteiger partial charge is 0.495 e. The Morgan fingerprint density at radius 1 is 1.03 bits per heavy atom. The van der Waals surface area contributed by atoms with E-state index in [4.69, 9.17) is 4.74 Å². The van der Waals surface area contributed by atoms with Crippen molar-refractivity contribution in [3.63, 3.8) is 0 Å². The molecule has 1 aromatic heterocycles. The molecule has 0 aliphatic carbocycles. The number of carbonyl (C=O) groups excluding carboxylic acids is 1. The minimum atomic E-state index is -0.244. The predicted octanol–water partition coefficient (Wildman–Crippen LogP) is 3.99. The molecule has 4 aromatic rings. The van der Waals surface area contributed by atoms with E-state index in [0.29, 0.717) is 11.5 Å². The van der Waals surface area contributed by atoms with Gasteiger partial charge in [-0.1, -0.05) is 36.4 Å². The van der Waals surface area contributed by atoms with Crippen molar-refractivity contribution in [1.29, 1.82) is 0 Å². The smallest absolute Gasteiger partial charge is 0.259 e. The highest BCUT2D eigenvalue weighted by molar-refractivity contribution is 5.99. The van der Waals surface area contributed by atoms with Crippen LogP contribution in [0.1, 0.15) is 12.5 Å². The first-order valence-electron chi connectivity index (χ1n) is 9.88. The second-order valence-electron chi connectivity index (χ2n) is 6.94. The van der Waals surface area contributed by atoms with Gasteiger partial charge in [0.25, 0.3) is 5.91 Å². The molecule has 0 aliphatic heterocycles. The summed E-state index contributed by atoms with van der Waals surface area (Å²) in [5.41, 5.74) is 7.99. The van der Waals surface area contributed by atoms with E-state index in [-0.39, 0.29) is 12.5 Å². The molecule has 7 heteroatoms. The third-order valence-corrected chi connectivity index (χ3v) is 4.91. The zero-order valence-electron chi connectivity index (χ0n) is 17.4. The maximum atomic E-state index is 12.2. The molecule has 0 atom stereocenters. The summed E-state index contributed by atoms with van der Waals surface area (Å²) >= 11 is 0. The van der Waals surface area contributed by atoms with Crippen LogP contribution in [0.15, 0.2) is 84.2 Å². The fourth-order valence-electron chi connectivity index (χ4n) is 3.24. The Bertz CT molecular complexity index is 1230. The van der Waals surface area contributed by atoms with E-state index in [9.17, 15) is 4.79 Å². The van der Waals surface area contributed by atoms with E-state index in [1.54, 1.807) is 7.11 Å². The lowest BCUT2D eigenvalue weighted by Crippen LogP contribution is -2.26. The zero-order chi connectivity index (χ0) is 21.6. The number of ether oxygens (including phenoxy) is 1. The summed E-state index contributed by atoms with van der Waals surface area (Å²) in [5, 5.41) is 7.27. The molecule has 0 radical (unpaired) electrons. The van der Waals surface area contributed by atoms with Gasteiger partial charge in [0.1, 0.15) is 12.1 Å². The lowest BCUT2D eigenvalue weighted by Gasteiger charge is -2.10. The monoisotopic (exact) mass is 413 g/mol. The average Bonchev–Trinajstić information content (AvgIpc) is 3.25. The van der Waals surface area contributed by atoms with Gasteiger partial charge in [0.2, 0.25) is 0 Å². The van der Waals surface area contributed by atoms with Crippen molar-refractivity contribution in [3.8, 4) is 11.4 Å². The Hall–Kier alpha value is -4.13. The number of amides is 1. The zero-order valence-corrected chi connectivity index (χ0v) is 17.4. The molecule has 0 saturated heterocycles. The topological polar surface area (TPSA) is 80.5 Å². The quantitative estimate of drug-likeness (QED) is 0.355. The van der Waals surface area contributed by atoms with Crippen LogP contribution in [-0.2, 0) is 4.79 Å². The van der Waals surface area contributed by atoms with Crippen LogP contribution in [0.3, 0.4) is 0 Å². The lowest BCUT2D eigenvalue weighted by molar-refractivity contribution is -0.119. The van der Waals surface area contributed by atoms with Crippen LogP contribution < -0.4 is 15.5 Å². The molecule has 0 bridgehead atoms. The van der Waals surface area contributed by atoms with E-state index in [0.717, 1.165) is 28.0 Å². The summed E-state index contributed by atoms with van der Waals surface area (Å²) in [6.45, 7) is 1.94. The molecule has 1 amide bonds. The second kappa shape index (κ2) is 9.13. The molecule has 3 aromatic carbocycles. The molecule has 7 nitrogen and oxygen atoms in total. The molecule has 2 N–H and O–H groups in total. The van der Waals surface area contributed by atoms with Crippen LogP contribution in [0, 0.1) is 0 Å². The molecule has 0 aliphatic rings. The number of nitrogens with one attached hydrogen (secondary N) is 2. The van der Waals surface area contributed by atoms with E-state index < -0.39 is 0 Å². The van der Waals surface area contributed by atoms with Crippen LogP contribution in [-0.4, -0.2) is 34.8 Å². The van der Waals surface area contributed by atoms with Gasteiger partial charge in [0, 0.05) is 5.69 Å². The van der Waals surface area contributed by atoms with Crippen LogP contribution in [0.2, 0.25) is 0 Å². The summed E-state index contributed by atoms with van der Waals surface area (Å²) < 4.78 is 7.30. The highest BCUT2D eigenvalue weighted by Crippen LogP contribution is 2.22. The summed E-state index contributed by atoms with van der Waals surface area (Å²) in [7, 11) is 1.59. The van der Waals surface area contributed by atoms with Gasteiger partial charge >= 0.3 is 0 Å². The number of imidazole rings is 1. The first kappa shape index (κ1) is 20.2. The third-order valence-electron chi connectivity index (χ3n) is 4.91. The van der Waals surface area contributed by atoms with Gasteiger partial charge in [-0.2, -0.15) is 5.10 Å². The molecule has 0 saturated carbocycles. The summed E-state index contributed by atoms with van der Waals surface area (Å²) in [4.78, 5) is 16.6. The molecular weight excluding hydrogens is 390 g/mol. The van der Waals surface area contributed by atoms with Crippen LogP contribution in [0.4, 0.5) is 5.69 Å². The van der Waals surface area contributed by atoms with Crippen molar-refractivity contribution >= 4 is 28.3 Å². The Kier molecular flexibility index (Phi) is 5.93. The summed E-state index contributed by atoms with van der Waals surface area (Å²) in [5.74, 6) is 0.438. The number of para-hydroxylation sites is 4. The molecule has 0 unspecified atom stereocenters.